The molecular formula is C22H31NO8. The van der Waals surface area contributed by atoms with Crippen molar-refractivity contribution in [3.8, 4) is 11.5 Å². The summed E-state index contributed by atoms with van der Waals surface area (Å²) in [4.78, 5) is 23.2. The first-order valence-electron chi connectivity index (χ1n) is 10.7. The van der Waals surface area contributed by atoms with Crippen LogP contribution in [0.5, 0.6) is 11.5 Å². The van der Waals surface area contributed by atoms with Crippen LogP contribution in [0.4, 0.5) is 0 Å². The monoisotopic (exact) mass is 437 g/mol. The first kappa shape index (κ1) is 23.3. The van der Waals surface area contributed by atoms with E-state index in [9.17, 15) is 14.7 Å². The molecule has 172 valence electrons. The fraction of sp³-hybridized carbons (Fsp3) is 0.636. The number of aliphatic hydroxyl groups is 1. The Labute approximate surface area is 181 Å². The summed E-state index contributed by atoms with van der Waals surface area (Å²) in [5.41, 5.74) is 0. The molecule has 9 nitrogen and oxygen atoms in total. The number of hydrogen-bond acceptors (Lipinski definition) is 9. The predicted octanol–water partition coefficient (Wildman–Crippen LogP) is 1.91. The van der Waals surface area contributed by atoms with E-state index in [1.54, 1.807) is 19.1 Å². The summed E-state index contributed by atoms with van der Waals surface area (Å²) in [5, 5.41) is 12.8. The molecule has 2 unspecified atom stereocenters. The van der Waals surface area contributed by atoms with Gasteiger partial charge in [0.05, 0.1) is 12.7 Å². The molecule has 0 amide bonds. The minimum absolute atomic E-state index is 0.180. The standard InChI is InChI=1S/C22H31NO8/c1-15(23-22(16(2)24)30-20(25)13-21(26)31-22)14-29-19-9-7-18(8-10-19)28-12-11-27-17-5-3-4-6-17/h7-10,15-17,23-24H,3-6,11-14H2,1-2H3. The van der Waals surface area contributed by atoms with Gasteiger partial charge in [0.25, 0.3) is 0 Å². The van der Waals surface area contributed by atoms with Crippen molar-refractivity contribution < 1.29 is 38.4 Å². The van der Waals surface area contributed by atoms with Crippen molar-refractivity contribution in [1.82, 2.24) is 5.32 Å². The van der Waals surface area contributed by atoms with Crippen LogP contribution in [0.3, 0.4) is 0 Å². The van der Waals surface area contributed by atoms with Crippen LogP contribution in [0.2, 0.25) is 0 Å². The summed E-state index contributed by atoms with van der Waals surface area (Å²) in [6, 6.07) is 6.78. The molecule has 0 radical (unpaired) electrons. The van der Waals surface area contributed by atoms with Gasteiger partial charge in [-0.15, -0.1) is 0 Å². The van der Waals surface area contributed by atoms with E-state index < -0.39 is 36.4 Å². The highest BCUT2D eigenvalue weighted by Crippen LogP contribution is 2.24. The number of nitrogens with one attached hydrogen (secondary N) is 1. The number of carbonyl (C=O) groups excluding carboxylic acids is 2. The van der Waals surface area contributed by atoms with Crippen molar-refractivity contribution in [3.05, 3.63) is 24.3 Å². The van der Waals surface area contributed by atoms with Crippen molar-refractivity contribution in [3.63, 3.8) is 0 Å². The minimum atomic E-state index is -1.92. The van der Waals surface area contributed by atoms with E-state index >= 15 is 0 Å². The average molecular weight is 437 g/mol. The zero-order valence-electron chi connectivity index (χ0n) is 18.0. The van der Waals surface area contributed by atoms with Crippen molar-refractivity contribution in [2.75, 3.05) is 19.8 Å². The molecule has 2 N–H and O–H groups in total. The Bertz CT molecular complexity index is 714. The molecule has 0 bridgehead atoms. The maximum absolute atomic E-state index is 11.6. The molecule has 2 atom stereocenters. The molecule has 1 saturated heterocycles. The van der Waals surface area contributed by atoms with Gasteiger partial charge >= 0.3 is 17.8 Å². The van der Waals surface area contributed by atoms with Gasteiger partial charge < -0.3 is 28.8 Å². The molecule has 1 heterocycles. The van der Waals surface area contributed by atoms with Gasteiger partial charge in [-0.2, -0.15) is 0 Å². The third-order valence-electron chi connectivity index (χ3n) is 5.15. The number of benzene rings is 1. The number of carbonyl (C=O) groups is 2. The average Bonchev–Trinajstić information content (AvgIpc) is 3.23. The van der Waals surface area contributed by atoms with Crippen molar-refractivity contribution >= 4 is 11.9 Å². The third-order valence-corrected chi connectivity index (χ3v) is 5.15. The maximum Gasteiger partial charge on any atom is 0.344 e. The van der Waals surface area contributed by atoms with Crippen molar-refractivity contribution in [1.29, 1.82) is 0 Å². The summed E-state index contributed by atoms with van der Waals surface area (Å²) in [5.74, 6) is -2.11. The van der Waals surface area contributed by atoms with Gasteiger partial charge in [0.15, 0.2) is 0 Å². The lowest BCUT2D eigenvalue weighted by Crippen LogP contribution is -2.64. The number of aliphatic hydroxyl groups excluding tert-OH is 1. The number of esters is 2. The highest BCUT2D eigenvalue weighted by Gasteiger charge is 2.48. The van der Waals surface area contributed by atoms with Crippen LogP contribution in [-0.4, -0.2) is 61.0 Å². The summed E-state index contributed by atoms with van der Waals surface area (Å²) < 4.78 is 27.4. The van der Waals surface area contributed by atoms with E-state index in [0.717, 1.165) is 18.6 Å². The van der Waals surface area contributed by atoms with E-state index in [0.29, 0.717) is 25.1 Å². The van der Waals surface area contributed by atoms with Gasteiger partial charge in [0, 0.05) is 6.04 Å². The van der Waals surface area contributed by atoms with Gasteiger partial charge in [0.1, 0.15) is 37.2 Å². The summed E-state index contributed by atoms with van der Waals surface area (Å²) in [6.45, 7) is 4.37. The molecule has 1 aromatic carbocycles. The summed E-state index contributed by atoms with van der Waals surface area (Å²) >= 11 is 0. The molecule has 3 rings (SSSR count). The first-order valence-corrected chi connectivity index (χ1v) is 10.7. The lowest BCUT2D eigenvalue weighted by atomic mass is 10.2. The molecule has 1 aliphatic heterocycles. The van der Waals surface area contributed by atoms with E-state index in [1.807, 2.05) is 12.1 Å². The molecule has 2 fully saturated rings. The van der Waals surface area contributed by atoms with Crippen LogP contribution >= 0.6 is 0 Å². The molecule has 1 aromatic rings. The second kappa shape index (κ2) is 10.8. The number of rotatable bonds is 11. The zero-order chi connectivity index (χ0) is 22.3. The smallest absolute Gasteiger partial charge is 0.344 e. The van der Waals surface area contributed by atoms with E-state index in [4.69, 9.17) is 23.7 Å². The van der Waals surface area contributed by atoms with Gasteiger partial charge in [-0.05, 0) is 51.0 Å². The van der Waals surface area contributed by atoms with Gasteiger partial charge in [-0.1, -0.05) is 12.8 Å². The molecular weight excluding hydrogens is 406 g/mol. The van der Waals surface area contributed by atoms with Crippen LogP contribution in [0.25, 0.3) is 0 Å². The Balaban J connectivity index is 1.41. The lowest BCUT2D eigenvalue weighted by molar-refractivity contribution is -0.287. The lowest BCUT2D eigenvalue weighted by Gasteiger charge is -2.39. The van der Waals surface area contributed by atoms with E-state index in [2.05, 4.69) is 5.32 Å². The number of cyclic esters (lactones) is 2. The quantitative estimate of drug-likeness (QED) is 0.304. The molecule has 31 heavy (non-hydrogen) atoms. The largest absolute Gasteiger partial charge is 0.492 e. The number of ether oxygens (including phenoxy) is 5. The molecule has 1 saturated carbocycles. The zero-order valence-corrected chi connectivity index (χ0v) is 18.0. The topological polar surface area (TPSA) is 113 Å². The maximum atomic E-state index is 11.6. The number of hydrogen-bond donors (Lipinski definition) is 2. The Morgan fingerprint density at radius 2 is 1.61 bits per heavy atom. The van der Waals surface area contributed by atoms with E-state index in [-0.39, 0.29) is 6.61 Å². The Kier molecular flexibility index (Phi) is 8.11. The van der Waals surface area contributed by atoms with Crippen molar-refractivity contribution in [2.45, 2.75) is 70.1 Å². The van der Waals surface area contributed by atoms with Gasteiger partial charge in [0.2, 0.25) is 0 Å². The van der Waals surface area contributed by atoms with Crippen LogP contribution in [-0.2, 0) is 23.8 Å². The fourth-order valence-electron chi connectivity index (χ4n) is 3.57. The second-order valence-corrected chi connectivity index (χ2v) is 7.92. The Morgan fingerprint density at radius 1 is 1.03 bits per heavy atom. The fourth-order valence-corrected chi connectivity index (χ4v) is 3.57. The van der Waals surface area contributed by atoms with Crippen LogP contribution in [0.15, 0.2) is 24.3 Å². The SMILES string of the molecule is CC(COc1ccc(OCCOC2CCCC2)cc1)NC1(C(C)O)OC(=O)CC(=O)O1. The Hall–Kier alpha value is -2.36. The van der Waals surface area contributed by atoms with Crippen LogP contribution < -0.4 is 14.8 Å². The highest BCUT2D eigenvalue weighted by molar-refractivity contribution is 5.93. The minimum Gasteiger partial charge on any atom is -0.492 e. The van der Waals surface area contributed by atoms with E-state index in [1.165, 1.54) is 19.8 Å². The van der Waals surface area contributed by atoms with Crippen LogP contribution in [0, 0.1) is 0 Å². The molecule has 0 spiro atoms. The van der Waals surface area contributed by atoms with Crippen LogP contribution in [0.1, 0.15) is 46.0 Å². The summed E-state index contributed by atoms with van der Waals surface area (Å²) in [7, 11) is 0. The Morgan fingerprint density at radius 3 is 2.19 bits per heavy atom. The first-order chi connectivity index (χ1) is 14.9. The van der Waals surface area contributed by atoms with Gasteiger partial charge in [-0.3, -0.25) is 9.59 Å². The summed E-state index contributed by atoms with van der Waals surface area (Å²) in [6.07, 6.45) is 3.41. The molecule has 1 aliphatic carbocycles. The second-order valence-electron chi connectivity index (χ2n) is 7.92. The normalized spacial score (nSPS) is 20.6. The third kappa shape index (κ3) is 6.81. The van der Waals surface area contributed by atoms with Gasteiger partial charge in [-0.25, -0.2) is 5.32 Å². The predicted molar refractivity (Wildman–Crippen MR) is 109 cm³/mol. The molecule has 2 aliphatic rings. The molecule has 0 aromatic heterocycles. The van der Waals surface area contributed by atoms with Crippen molar-refractivity contribution in [2.24, 2.45) is 0 Å². The molecule has 9 heteroatoms. The highest BCUT2D eigenvalue weighted by atomic mass is 16.8.